The van der Waals surface area contributed by atoms with Gasteiger partial charge in [0.15, 0.2) is 11.6 Å². The van der Waals surface area contributed by atoms with Gasteiger partial charge >= 0.3 is 0 Å². The Morgan fingerprint density at radius 1 is 1.50 bits per heavy atom. The number of nitrogens with two attached hydrogens (primary N) is 2. The maximum atomic E-state index is 12.7. The second-order valence-corrected chi connectivity index (χ2v) is 2.72. The molecule has 12 heavy (non-hydrogen) atoms. The van der Waals surface area contributed by atoms with Gasteiger partial charge in [-0.25, -0.2) is 4.39 Å². The molecule has 4 heteroatoms. The van der Waals surface area contributed by atoms with E-state index in [4.69, 9.17) is 16.6 Å². The van der Waals surface area contributed by atoms with Crippen LogP contribution in [0.5, 0.6) is 5.75 Å². The van der Waals surface area contributed by atoms with Crippen LogP contribution in [0.1, 0.15) is 18.5 Å². The van der Waals surface area contributed by atoms with Gasteiger partial charge in [0.05, 0.1) is 0 Å². The van der Waals surface area contributed by atoms with E-state index in [1.807, 2.05) is 0 Å². The van der Waals surface area contributed by atoms with E-state index in [0.717, 1.165) is 6.07 Å². The van der Waals surface area contributed by atoms with Crippen LogP contribution in [0.4, 0.5) is 10.1 Å². The third-order valence-electron chi connectivity index (χ3n) is 1.64. The molecular formula is C8H11FN2O. The normalized spacial score (nSPS) is 12.9. The molecule has 0 fully saturated rings. The molecule has 5 N–H and O–H groups in total. The Morgan fingerprint density at radius 3 is 2.58 bits per heavy atom. The summed E-state index contributed by atoms with van der Waals surface area (Å²) in [5, 5.41) is 8.99. The minimum absolute atomic E-state index is 0.264. The van der Waals surface area contributed by atoms with Gasteiger partial charge in [-0.3, -0.25) is 0 Å². The fraction of sp³-hybridized carbons (Fsp3) is 0.250. The van der Waals surface area contributed by atoms with Gasteiger partial charge in [0.25, 0.3) is 0 Å². The van der Waals surface area contributed by atoms with Crippen LogP contribution in [-0.4, -0.2) is 5.11 Å². The maximum absolute atomic E-state index is 12.7. The van der Waals surface area contributed by atoms with E-state index >= 15 is 0 Å². The van der Waals surface area contributed by atoms with Crippen molar-refractivity contribution in [3.63, 3.8) is 0 Å². The summed E-state index contributed by atoms with van der Waals surface area (Å²) in [5.41, 5.74) is 11.8. The first-order chi connectivity index (χ1) is 5.52. The van der Waals surface area contributed by atoms with Crippen LogP contribution in [0.25, 0.3) is 0 Å². The molecule has 1 rings (SSSR count). The molecule has 1 aromatic carbocycles. The molecule has 1 atom stereocenters. The van der Waals surface area contributed by atoms with E-state index < -0.39 is 11.6 Å². The van der Waals surface area contributed by atoms with Crippen molar-refractivity contribution < 1.29 is 9.50 Å². The number of halogens is 1. The molecular weight excluding hydrogens is 159 g/mol. The fourth-order valence-corrected chi connectivity index (χ4v) is 0.988. The van der Waals surface area contributed by atoms with Gasteiger partial charge in [-0.1, -0.05) is 0 Å². The van der Waals surface area contributed by atoms with E-state index in [-0.39, 0.29) is 11.7 Å². The van der Waals surface area contributed by atoms with E-state index in [0.29, 0.717) is 5.56 Å². The smallest absolute Gasteiger partial charge is 0.166 e. The standard InChI is InChI=1S/C8H11FN2O/c1-4(10)5-2-8(12)6(9)3-7(5)11/h2-4,12H,10-11H2,1H3/t4-/m1/s1. The average molecular weight is 170 g/mol. The molecule has 0 aromatic heterocycles. The summed E-state index contributed by atoms with van der Waals surface area (Å²) in [5.74, 6) is -1.14. The van der Waals surface area contributed by atoms with Crippen LogP contribution < -0.4 is 11.5 Å². The molecule has 0 saturated carbocycles. The summed E-state index contributed by atoms with van der Waals surface area (Å²) >= 11 is 0. The molecule has 0 aliphatic rings. The molecule has 0 radical (unpaired) electrons. The molecule has 0 aliphatic heterocycles. The predicted octanol–water partition coefficient (Wildman–Crippen LogP) is 1.13. The Hall–Kier alpha value is -1.29. The number of benzene rings is 1. The SMILES string of the molecule is C[C@@H](N)c1cc(O)c(F)cc1N. The minimum Gasteiger partial charge on any atom is -0.505 e. The third kappa shape index (κ3) is 1.48. The second kappa shape index (κ2) is 2.98. The number of phenolic OH excluding ortho intramolecular Hbond substituents is 1. The first kappa shape index (κ1) is 8.80. The Labute approximate surface area is 69.8 Å². The predicted molar refractivity (Wildman–Crippen MR) is 45.1 cm³/mol. The highest BCUT2D eigenvalue weighted by molar-refractivity contribution is 5.52. The van der Waals surface area contributed by atoms with Gasteiger partial charge in [0, 0.05) is 17.8 Å². The first-order valence-corrected chi connectivity index (χ1v) is 3.56. The highest BCUT2D eigenvalue weighted by atomic mass is 19.1. The van der Waals surface area contributed by atoms with Gasteiger partial charge in [-0.15, -0.1) is 0 Å². The van der Waals surface area contributed by atoms with Crippen LogP contribution in [0.3, 0.4) is 0 Å². The Kier molecular flexibility index (Phi) is 2.19. The van der Waals surface area contributed by atoms with Crippen molar-refractivity contribution in [1.29, 1.82) is 0 Å². The van der Waals surface area contributed by atoms with Crippen LogP contribution >= 0.6 is 0 Å². The molecule has 0 heterocycles. The molecule has 1 aromatic rings. The Balaban J connectivity index is 3.23. The number of phenols is 1. The number of anilines is 1. The fourth-order valence-electron chi connectivity index (χ4n) is 0.988. The van der Waals surface area contributed by atoms with E-state index in [1.165, 1.54) is 6.07 Å². The van der Waals surface area contributed by atoms with Gasteiger partial charge in [-0.2, -0.15) is 0 Å². The van der Waals surface area contributed by atoms with Crippen molar-refractivity contribution in [2.45, 2.75) is 13.0 Å². The molecule has 3 nitrogen and oxygen atoms in total. The largest absolute Gasteiger partial charge is 0.505 e. The highest BCUT2D eigenvalue weighted by Crippen LogP contribution is 2.26. The number of aromatic hydroxyl groups is 1. The van der Waals surface area contributed by atoms with Gasteiger partial charge in [0.1, 0.15) is 0 Å². The van der Waals surface area contributed by atoms with Crippen LogP contribution in [-0.2, 0) is 0 Å². The molecule has 0 saturated heterocycles. The van der Waals surface area contributed by atoms with Crippen molar-refractivity contribution in [3.05, 3.63) is 23.5 Å². The van der Waals surface area contributed by atoms with Crippen molar-refractivity contribution in [1.82, 2.24) is 0 Å². The van der Waals surface area contributed by atoms with Gasteiger partial charge in [0.2, 0.25) is 0 Å². The molecule has 0 amide bonds. The summed E-state index contributed by atoms with van der Waals surface area (Å²) in [6.45, 7) is 1.71. The monoisotopic (exact) mass is 170 g/mol. The zero-order valence-corrected chi connectivity index (χ0v) is 6.71. The Bertz CT molecular complexity index is 299. The zero-order chi connectivity index (χ0) is 9.30. The number of hydrogen-bond acceptors (Lipinski definition) is 3. The Morgan fingerprint density at radius 2 is 2.08 bits per heavy atom. The second-order valence-electron chi connectivity index (χ2n) is 2.72. The molecule has 0 aliphatic carbocycles. The lowest BCUT2D eigenvalue weighted by atomic mass is 10.1. The van der Waals surface area contributed by atoms with E-state index in [1.54, 1.807) is 6.92 Å². The quantitative estimate of drug-likeness (QED) is 0.437. The van der Waals surface area contributed by atoms with Crippen molar-refractivity contribution in [3.8, 4) is 5.75 Å². The molecule has 0 unspecified atom stereocenters. The average Bonchev–Trinajstić information content (AvgIpc) is 1.96. The zero-order valence-electron chi connectivity index (χ0n) is 6.71. The van der Waals surface area contributed by atoms with Gasteiger partial charge in [-0.05, 0) is 18.6 Å². The van der Waals surface area contributed by atoms with Crippen molar-refractivity contribution >= 4 is 5.69 Å². The number of rotatable bonds is 1. The summed E-state index contributed by atoms with van der Waals surface area (Å²) in [6.07, 6.45) is 0. The first-order valence-electron chi connectivity index (χ1n) is 3.56. The lowest BCUT2D eigenvalue weighted by Crippen LogP contribution is -2.08. The van der Waals surface area contributed by atoms with Crippen molar-refractivity contribution in [2.24, 2.45) is 5.73 Å². The maximum Gasteiger partial charge on any atom is 0.166 e. The number of hydrogen-bond donors (Lipinski definition) is 3. The topological polar surface area (TPSA) is 72.3 Å². The lowest BCUT2D eigenvalue weighted by molar-refractivity contribution is 0.431. The minimum atomic E-state index is -0.725. The summed E-state index contributed by atoms with van der Waals surface area (Å²) in [6, 6.07) is 2.00. The van der Waals surface area contributed by atoms with E-state index in [2.05, 4.69) is 0 Å². The van der Waals surface area contributed by atoms with Crippen LogP contribution in [0.2, 0.25) is 0 Å². The lowest BCUT2D eigenvalue weighted by Gasteiger charge is -2.09. The van der Waals surface area contributed by atoms with Crippen molar-refractivity contribution in [2.75, 3.05) is 5.73 Å². The van der Waals surface area contributed by atoms with Crippen LogP contribution in [0.15, 0.2) is 12.1 Å². The molecule has 0 bridgehead atoms. The van der Waals surface area contributed by atoms with E-state index in [9.17, 15) is 4.39 Å². The molecule has 66 valence electrons. The summed E-state index contributed by atoms with van der Waals surface area (Å²) in [4.78, 5) is 0. The number of nitrogen functional groups attached to an aromatic ring is 1. The van der Waals surface area contributed by atoms with Gasteiger partial charge < -0.3 is 16.6 Å². The highest BCUT2D eigenvalue weighted by Gasteiger charge is 2.09. The summed E-state index contributed by atoms with van der Waals surface area (Å²) < 4.78 is 12.7. The molecule has 0 spiro atoms. The van der Waals surface area contributed by atoms with Crippen LogP contribution in [0, 0.1) is 5.82 Å². The third-order valence-corrected chi connectivity index (χ3v) is 1.64. The summed E-state index contributed by atoms with van der Waals surface area (Å²) in [7, 11) is 0.